The van der Waals surface area contributed by atoms with Crippen molar-refractivity contribution in [2.45, 2.75) is 90.6 Å². The van der Waals surface area contributed by atoms with Crippen LogP contribution in [0.1, 0.15) is 84.5 Å². The minimum Gasteiger partial charge on any atom is -0.466 e. The maximum Gasteiger partial charge on any atom is 0.309 e. The Kier molecular flexibility index (Phi) is 11.5. The predicted octanol–water partition coefficient (Wildman–Crippen LogP) is 3.73. The topological polar surface area (TPSA) is 105 Å². The van der Waals surface area contributed by atoms with E-state index >= 15 is 0 Å². The van der Waals surface area contributed by atoms with Gasteiger partial charge >= 0.3 is 23.9 Å². The first-order chi connectivity index (χ1) is 15.3. The molecule has 0 N–H and O–H groups in total. The first-order valence-corrected chi connectivity index (χ1v) is 12.0. The van der Waals surface area contributed by atoms with Crippen LogP contribution in [-0.2, 0) is 38.1 Å². The minimum atomic E-state index is -0.523. The number of hydrogen-bond acceptors (Lipinski definition) is 8. The molecule has 2 fully saturated rings. The molecule has 0 spiro atoms. The second-order valence-electron chi connectivity index (χ2n) is 9.11. The lowest BCUT2D eigenvalue weighted by molar-refractivity contribution is -0.157. The molecule has 182 valence electrons. The number of rotatable bonds is 11. The van der Waals surface area contributed by atoms with E-state index in [1.54, 1.807) is 0 Å². The van der Waals surface area contributed by atoms with Crippen molar-refractivity contribution < 1.29 is 38.1 Å². The van der Waals surface area contributed by atoms with Crippen LogP contribution in [0.15, 0.2) is 0 Å². The summed E-state index contributed by atoms with van der Waals surface area (Å²) in [4.78, 5) is 46.3. The fraction of sp³-hybridized carbons (Fsp3) is 0.833. The predicted molar refractivity (Wildman–Crippen MR) is 115 cm³/mol. The maximum atomic E-state index is 12.4. The van der Waals surface area contributed by atoms with Gasteiger partial charge in [-0.1, -0.05) is 6.92 Å². The lowest BCUT2D eigenvalue weighted by atomic mass is 9.82. The fourth-order valence-electron chi connectivity index (χ4n) is 4.32. The molecule has 2 saturated carbocycles. The highest BCUT2D eigenvalue weighted by Gasteiger charge is 2.29. The van der Waals surface area contributed by atoms with Crippen LogP contribution in [0.4, 0.5) is 0 Å². The molecule has 2 aliphatic rings. The molecule has 0 amide bonds. The van der Waals surface area contributed by atoms with E-state index < -0.39 is 17.9 Å². The first kappa shape index (κ1) is 26.1. The van der Waals surface area contributed by atoms with Crippen LogP contribution < -0.4 is 0 Å². The quantitative estimate of drug-likeness (QED) is 0.264. The molecule has 2 aliphatic carbocycles. The summed E-state index contributed by atoms with van der Waals surface area (Å²) in [7, 11) is 0. The fourth-order valence-corrected chi connectivity index (χ4v) is 4.32. The minimum absolute atomic E-state index is 0.00677. The van der Waals surface area contributed by atoms with Gasteiger partial charge in [0.1, 0.15) is 19.3 Å². The van der Waals surface area contributed by atoms with Crippen molar-refractivity contribution in [3.05, 3.63) is 0 Å². The zero-order valence-corrected chi connectivity index (χ0v) is 19.5. The Bertz CT molecular complexity index is 615. The van der Waals surface area contributed by atoms with E-state index in [1.807, 2.05) is 0 Å². The van der Waals surface area contributed by atoms with E-state index in [4.69, 9.17) is 14.2 Å². The van der Waals surface area contributed by atoms with Gasteiger partial charge in [-0.2, -0.15) is 0 Å². The molecule has 8 heteroatoms. The number of carbonyl (C=O) groups excluding carboxylic acids is 4. The SMILES string of the molecule is CC(=O)OCCOC(=O)CCC(=O)OCCC1CCC(OC(=O)C2CCC(C)CC2)CC1. The van der Waals surface area contributed by atoms with Gasteiger partial charge < -0.3 is 18.9 Å². The van der Waals surface area contributed by atoms with Crippen LogP contribution in [0.3, 0.4) is 0 Å². The van der Waals surface area contributed by atoms with Crippen LogP contribution in [0.25, 0.3) is 0 Å². The highest BCUT2D eigenvalue weighted by molar-refractivity contribution is 5.77. The zero-order chi connectivity index (χ0) is 23.3. The Balaban J connectivity index is 1.49. The lowest BCUT2D eigenvalue weighted by Crippen LogP contribution is -2.30. The Hall–Kier alpha value is -2.12. The lowest BCUT2D eigenvalue weighted by Gasteiger charge is -2.31. The molecule has 0 heterocycles. The molecular weight excluding hydrogens is 416 g/mol. The van der Waals surface area contributed by atoms with Gasteiger partial charge in [0.05, 0.1) is 25.4 Å². The molecule has 0 aromatic carbocycles. The van der Waals surface area contributed by atoms with E-state index in [1.165, 1.54) is 6.92 Å². The molecule has 0 aromatic rings. The summed E-state index contributed by atoms with van der Waals surface area (Å²) in [5.74, 6) is -0.145. The Morgan fingerprint density at radius 2 is 1.28 bits per heavy atom. The molecule has 32 heavy (non-hydrogen) atoms. The normalized spacial score (nSPS) is 25.4. The van der Waals surface area contributed by atoms with E-state index in [2.05, 4.69) is 11.7 Å². The summed E-state index contributed by atoms with van der Waals surface area (Å²) in [6.45, 7) is 3.83. The van der Waals surface area contributed by atoms with Crippen molar-refractivity contribution in [1.82, 2.24) is 0 Å². The van der Waals surface area contributed by atoms with E-state index in [-0.39, 0.29) is 44.0 Å². The number of hydrogen-bond donors (Lipinski definition) is 0. The molecule has 8 nitrogen and oxygen atoms in total. The Morgan fingerprint density at radius 1 is 0.719 bits per heavy atom. The molecule has 0 aromatic heterocycles. The van der Waals surface area contributed by atoms with Crippen LogP contribution >= 0.6 is 0 Å². The van der Waals surface area contributed by atoms with Crippen molar-refractivity contribution >= 4 is 23.9 Å². The number of ether oxygens (including phenoxy) is 4. The van der Waals surface area contributed by atoms with E-state index in [0.29, 0.717) is 12.5 Å². The first-order valence-electron chi connectivity index (χ1n) is 12.0. The van der Waals surface area contributed by atoms with Crippen LogP contribution in [0.2, 0.25) is 0 Å². The smallest absolute Gasteiger partial charge is 0.309 e. The molecule has 2 rings (SSSR count). The average molecular weight is 455 g/mol. The summed E-state index contributed by atoms with van der Waals surface area (Å²) in [5, 5.41) is 0. The van der Waals surface area contributed by atoms with Crippen molar-refractivity contribution in [2.24, 2.45) is 17.8 Å². The summed E-state index contributed by atoms with van der Waals surface area (Å²) >= 11 is 0. The Morgan fingerprint density at radius 3 is 1.88 bits per heavy atom. The average Bonchev–Trinajstić information content (AvgIpc) is 2.77. The maximum absolute atomic E-state index is 12.4. The molecule has 0 aliphatic heterocycles. The van der Waals surface area contributed by atoms with Gasteiger partial charge in [-0.05, 0) is 69.6 Å². The molecule has 0 bridgehead atoms. The largest absolute Gasteiger partial charge is 0.466 e. The number of esters is 4. The van der Waals surface area contributed by atoms with Gasteiger partial charge in [0.25, 0.3) is 0 Å². The van der Waals surface area contributed by atoms with Crippen molar-refractivity contribution in [3.63, 3.8) is 0 Å². The van der Waals surface area contributed by atoms with Gasteiger partial charge in [-0.3, -0.25) is 19.2 Å². The standard InChI is InChI=1S/C24H38O8/c1-17-3-7-20(8-4-17)24(28)32-21-9-5-19(6-10-21)13-14-30-22(26)11-12-23(27)31-16-15-29-18(2)25/h17,19-21H,3-16H2,1-2H3. The second kappa shape index (κ2) is 14.1. The number of carbonyl (C=O) groups is 4. The summed E-state index contributed by atoms with van der Waals surface area (Å²) in [5.41, 5.74) is 0. The molecule has 0 unspecified atom stereocenters. The van der Waals surface area contributed by atoms with Gasteiger partial charge in [0.2, 0.25) is 0 Å². The summed E-state index contributed by atoms with van der Waals surface area (Å²) in [6.07, 6.45) is 8.50. The summed E-state index contributed by atoms with van der Waals surface area (Å²) < 4.78 is 20.5. The van der Waals surface area contributed by atoms with Gasteiger partial charge in [-0.25, -0.2) is 0 Å². The monoisotopic (exact) mass is 454 g/mol. The van der Waals surface area contributed by atoms with Gasteiger partial charge in [-0.15, -0.1) is 0 Å². The highest BCUT2D eigenvalue weighted by Crippen LogP contribution is 2.32. The van der Waals surface area contributed by atoms with Crippen LogP contribution in [0, 0.1) is 17.8 Å². The van der Waals surface area contributed by atoms with E-state index in [9.17, 15) is 19.2 Å². The second-order valence-corrected chi connectivity index (χ2v) is 9.11. The Labute approximate surface area is 190 Å². The third-order valence-electron chi connectivity index (χ3n) is 6.40. The van der Waals surface area contributed by atoms with Gasteiger partial charge in [0, 0.05) is 6.92 Å². The van der Waals surface area contributed by atoms with Crippen molar-refractivity contribution in [3.8, 4) is 0 Å². The van der Waals surface area contributed by atoms with Crippen molar-refractivity contribution in [2.75, 3.05) is 19.8 Å². The third kappa shape index (κ3) is 10.5. The van der Waals surface area contributed by atoms with Gasteiger partial charge in [0.15, 0.2) is 0 Å². The van der Waals surface area contributed by atoms with E-state index in [0.717, 1.165) is 63.7 Å². The summed E-state index contributed by atoms with van der Waals surface area (Å²) in [6, 6.07) is 0. The highest BCUT2D eigenvalue weighted by atomic mass is 16.6. The molecule has 0 radical (unpaired) electrons. The van der Waals surface area contributed by atoms with Crippen LogP contribution in [-0.4, -0.2) is 49.8 Å². The zero-order valence-electron chi connectivity index (χ0n) is 19.5. The molecule has 0 saturated heterocycles. The third-order valence-corrected chi connectivity index (χ3v) is 6.40. The van der Waals surface area contributed by atoms with Crippen molar-refractivity contribution in [1.29, 1.82) is 0 Å². The molecule has 0 atom stereocenters. The van der Waals surface area contributed by atoms with Crippen LogP contribution in [0.5, 0.6) is 0 Å². The molecular formula is C24H38O8.